The number of ketones is 1. The highest BCUT2D eigenvalue weighted by Crippen LogP contribution is 2.24. The fourth-order valence-corrected chi connectivity index (χ4v) is 3.43. The Kier molecular flexibility index (Phi) is 5.97. The molecule has 0 N–H and O–H groups in total. The van der Waals surface area contributed by atoms with Gasteiger partial charge in [0.25, 0.3) is 5.91 Å². The number of anilines is 1. The molecule has 2 aromatic rings. The van der Waals surface area contributed by atoms with E-state index in [1.165, 1.54) is 13.0 Å². The van der Waals surface area contributed by atoms with Gasteiger partial charge in [-0.15, -0.1) is 0 Å². The van der Waals surface area contributed by atoms with Crippen molar-refractivity contribution in [1.29, 1.82) is 0 Å². The number of carbonyl (C=O) groups is 2. The van der Waals surface area contributed by atoms with Gasteiger partial charge < -0.3 is 14.5 Å². The summed E-state index contributed by atoms with van der Waals surface area (Å²) in [7, 11) is 0. The maximum atomic E-state index is 14.3. The Labute approximate surface area is 164 Å². The van der Waals surface area contributed by atoms with Gasteiger partial charge in [0.05, 0.1) is 5.69 Å². The zero-order valence-corrected chi connectivity index (χ0v) is 16.5. The van der Waals surface area contributed by atoms with Gasteiger partial charge in [-0.2, -0.15) is 0 Å². The first-order valence-corrected chi connectivity index (χ1v) is 9.39. The third kappa shape index (κ3) is 4.32. The topological polar surface area (TPSA) is 49.9 Å². The molecule has 1 amide bonds. The minimum Gasteiger partial charge on any atom is -0.483 e. The number of rotatable bonds is 5. The van der Waals surface area contributed by atoms with Crippen LogP contribution in [0, 0.1) is 19.7 Å². The second kappa shape index (κ2) is 8.42. The predicted octanol–water partition coefficient (Wildman–Crippen LogP) is 3.37. The van der Waals surface area contributed by atoms with Gasteiger partial charge in [-0.3, -0.25) is 9.59 Å². The third-order valence-electron chi connectivity index (χ3n) is 5.08. The van der Waals surface area contributed by atoms with Crippen LogP contribution in [0.4, 0.5) is 10.1 Å². The third-order valence-corrected chi connectivity index (χ3v) is 5.08. The van der Waals surface area contributed by atoms with Crippen LogP contribution >= 0.6 is 0 Å². The lowest BCUT2D eigenvalue weighted by Crippen LogP contribution is -2.50. The summed E-state index contributed by atoms with van der Waals surface area (Å²) in [4.78, 5) is 27.5. The minimum atomic E-state index is -0.411. The smallest absolute Gasteiger partial charge is 0.260 e. The zero-order chi connectivity index (χ0) is 20.3. The number of Topliss-reactive ketones (excluding diaryl/α,β-unsaturated/α-hetero) is 1. The fraction of sp³-hybridized carbons (Fsp3) is 0.364. The highest BCUT2D eigenvalue weighted by molar-refractivity contribution is 5.94. The first kappa shape index (κ1) is 19.9. The number of nitrogens with zero attached hydrogens (tertiary/aromatic N) is 2. The summed E-state index contributed by atoms with van der Waals surface area (Å²) in [6, 6.07) is 10.4. The fourth-order valence-electron chi connectivity index (χ4n) is 3.43. The van der Waals surface area contributed by atoms with Gasteiger partial charge >= 0.3 is 0 Å². The molecule has 0 bridgehead atoms. The molecule has 0 unspecified atom stereocenters. The van der Waals surface area contributed by atoms with Gasteiger partial charge in [0, 0.05) is 31.7 Å². The van der Waals surface area contributed by atoms with E-state index in [-0.39, 0.29) is 18.3 Å². The Morgan fingerprint density at radius 3 is 2.25 bits per heavy atom. The molecule has 0 atom stereocenters. The molecule has 148 valence electrons. The van der Waals surface area contributed by atoms with E-state index < -0.39 is 5.82 Å². The van der Waals surface area contributed by atoms with Gasteiger partial charge in [-0.1, -0.05) is 18.2 Å². The lowest BCUT2D eigenvalue weighted by atomic mass is 10.1. The number of benzene rings is 2. The molecule has 2 aromatic carbocycles. The molecule has 1 saturated heterocycles. The Bertz CT molecular complexity index is 869. The number of carbonyl (C=O) groups excluding carboxylic acids is 2. The van der Waals surface area contributed by atoms with E-state index in [1.807, 2.05) is 36.9 Å². The Morgan fingerprint density at radius 2 is 1.68 bits per heavy atom. The van der Waals surface area contributed by atoms with Gasteiger partial charge in [-0.05, 0) is 50.1 Å². The van der Waals surface area contributed by atoms with Crippen molar-refractivity contribution in [1.82, 2.24) is 4.90 Å². The monoisotopic (exact) mass is 384 g/mol. The molecule has 0 radical (unpaired) electrons. The number of piperazine rings is 1. The lowest BCUT2D eigenvalue weighted by molar-refractivity contribution is -0.133. The highest BCUT2D eigenvalue weighted by Gasteiger charge is 2.23. The van der Waals surface area contributed by atoms with E-state index in [0.717, 1.165) is 16.9 Å². The Hall–Kier alpha value is -2.89. The molecule has 0 saturated carbocycles. The SMILES string of the molecule is CC(=O)c1ccc(N2CCN(C(=O)COc3c(C)cccc3C)CC2)c(F)c1. The van der Waals surface area contributed by atoms with Crippen molar-refractivity contribution < 1.29 is 18.7 Å². The van der Waals surface area contributed by atoms with Crippen molar-refractivity contribution in [3.8, 4) is 5.75 Å². The summed E-state index contributed by atoms with van der Waals surface area (Å²) in [5.74, 6) is 0.104. The van der Waals surface area contributed by atoms with Gasteiger partial charge in [0.1, 0.15) is 11.6 Å². The van der Waals surface area contributed by atoms with Crippen LogP contribution in [0.25, 0.3) is 0 Å². The zero-order valence-electron chi connectivity index (χ0n) is 16.5. The maximum absolute atomic E-state index is 14.3. The number of amides is 1. The molecule has 5 nitrogen and oxygen atoms in total. The molecule has 6 heteroatoms. The summed E-state index contributed by atoms with van der Waals surface area (Å²) in [6.45, 7) is 7.39. The van der Waals surface area contributed by atoms with E-state index in [2.05, 4.69) is 0 Å². The van der Waals surface area contributed by atoms with Crippen molar-refractivity contribution in [3.05, 3.63) is 58.9 Å². The highest BCUT2D eigenvalue weighted by atomic mass is 19.1. The summed E-state index contributed by atoms with van der Waals surface area (Å²) in [5.41, 5.74) is 2.83. The quantitative estimate of drug-likeness (QED) is 0.742. The predicted molar refractivity (Wildman–Crippen MR) is 107 cm³/mol. The molecule has 1 aliphatic rings. The molecule has 0 spiro atoms. The van der Waals surface area contributed by atoms with Gasteiger partial charge in [0.2, 0.25) is 0 Å². The van der Waals surface area contributed by atoms with Crippen molar-refractivity contribution in [3.63, 3.8) is 0 Å². The summed E-state index contributed by atoms with van der Waals surface area (Å²) in [6.07, 6.45) is 0. The average Bonchev–Trinajstić information content (AvgIpc) is 2.67. The first-order chi connectivity index (χ1) is 13.4. The largest absolute Gasteiger partial charge is 0.483 e. The number of ether oxygens (including phenoxy) is 1. The standard InChI is InChI=1S/C22H25FN2O3/c1-15-5-4-6-16(2)22(15)28-14-21(27)25-11-9-24(10-12-25)20-8-7-18(17(3)26)13-19(20)23/h4-8,13H,9-12,14H2,1-3H3. The summed E-state index contributed by atoms with van der Waals surface area (Å²) >= 11 is 0. The van der Waals surface area contributed by atoms with E-state index in [0.29, 0.717) is 37.4 Å². The Balaban J connectivity index is 1.56. The maximum Gasteiger partial charge on any atom is 0.260 e. The molecule has 3 rings (SSSR count). The molecule has 0 aliphatic carbocycles. The minimum absolute atomic E-state index is 0.00658. The number of halogens is 1. The molecule has 1 fully saturated rings. The second-order valence-electron chi connectivity index (χ2n) is 7.10. The number of aryl methyl sites for hydroxylation is 2. The van der Waals surface area contributed by atoms with E-state index in [9.17, 15) is 14.0 Å². The molecule has 1 aliphatic heterocycles. The molecular weight excluding hydrogens is 359 g/mol. The van der Waals surface area contributed by atoms with Crippen LogP contribution in [0.15, 0.2) is 36.4 Å². The lowest BCUT2D eigenvalue weighted by Gasteiger charge is -2.36. The first-order valence-electron chi connectivity index (χ1n) is 9.39. The van der Waals surface area contributed by atoms with E-state index in [4.69, 9.17) is 4.74 Å². The van der Waals surface area contributed by atoms with Crippen molar-refractivity contribution >= 4 is 17.4 Å². The average molecular weight is 384 g/mol. The number of hydrogen-bond acceptors (Lipinski definition) is 4. The van der Waals surface area contributed by atoms with Gasteiger partial charge in [-0.25, -0.2) is 4.39 Å². The summed E-state index contributed by atoms with van der Waals surface area (Å²) in [5, 5.41) is 0. The number of para-hydroxylation sites is 1. The second-order valence-corrected chi connectivity index (χ2v) is 7.10. The molecular formula is C22H25FN2O3. The molecule has 0 aromatic heterocycles. The van der Waals surface area contributed by atoms with Gasteiger partial charge in [0.15, 0.2) is 12.4 Å². The Morgan fingerprint density at radius 1 is 1.04 bits per heavy atom. The number of hydrogen-bond donors (Lipinski definition) is 0. The van der Waals surface area contributed by atoms with Crippen LogP contribution in [-0.4, -0.2) is 49.4 Å². The van der Waals surface area contributed by atoms with Crippen LogP contribution in [0.5, 0.6) is 5.75 Å². The van der Waals surface area contributed by atoms with Crippen LogP contribution < -0.4 is 9.64 Å². The van der Waals surface area contributed by atoms with E-state index in [1.54, 1.807) is 17.0 Å². The summed E-state index contributed by atoms with van der Waals surface area (Å²) < 4.78 is 20.1. The normalized spacial score (nSPS) is 14.1. The molecule has 1 heterocycles. The van der Waals surface area contributed by atoms with Crippen LogP contribution in [0.3, 0.4) is 0 Å². The van der Waals surface area contributed by atoms with Crippen LogP contribution in [0.2, 0.25) is 0 Å². The van der Waals surface area contributed by atoms with Crippen LogP contribution in [0.1, 0.15) is 28.4 Å². The van der Waals surface area contributed by atoms with Crippen molar-refractivity contribution in [2.24, 2.45) is 0 Å². The van der Waals surface area contributed by atoms with Crippen molar-refractivity contribution in [2.45, 2.75) is 20.8 Å². The molecule has 28 heavy (non-hydrogen) atoms. The van der Waals surface area contributed by atoms with Crippen LogP contribution in [-0.2, 0) is 4.79 Å². The van der Waals surface area contributed by atoms with Crippen molar-refractivity contribution in [2.75, 3.05) is 37.7 Å². The van der Waals surface area contributed by atoms with E-state index >= 15 is 0 Å².